The molecule has 1 N–H and O–H groups in total. The number of amides is 1. The molecule has 2 fully saturated rings. The van der Waals surface area contributed by atoms with Crippen LogP contribution < -0.4 is 10.1 Å². The molecule has 1 spiro atoms. The monoisotopic (exact) mass is 316 g/mol. The summed E-state index contributed by atoms with van der Waals surface area (Å²) in [6.45, 7) is 2.92. The molecule has 5 heteroatoms. The Kier molecular flexibility index (Phi) is 3.89. The van der Waals surface area contributed by atoms with Gasteiger partial charge in [-0.1, -0.05) is 18.2 Å². The van der Waals surface area contributed by atoms with Gasteiger partial charge in [0.2, 0.25) is 0 Å². The van der Waals surface area contributed by atoms with Crippen molar-refractivity contribution in [1.29, 1.82) is 0 Å². The molecule has 1 amide bonds. The van der Waals surface area contributed by atoms with Gasteiger partial charge in [0.05, 0.1) is 6.54 Å². The van der Waals surface area contributed by atoms with E-state index in [1.807, 2.05) is 6.07 Å². The molecule has 2 aliphatic heterocycles. The number of para-hydroxylation sites is 1. The SMILES string of the molecule is O=C1OCCN1CCCN[C@H]1CC2(CCC2)Oc2ccccc21. The lowest BCUT2D eigenvalue weighted by molar-refractivity contribution is -0.0368. The van der Waals surface area contributed by atoms with E-state index in [2.05, 4.69) is 23.5 Å². The Bertz CT molecular complexity index is 585. The number of ether oxygens (including phenoxy) is 2. The van der Waals surface area contributed by atoms with Crippen LogP contribution in [-0.4, -0.2) is 42.8 Å². The van der Waals surface area contributed by atoms with Crippen molar-refractivity contribution < 1.29 is 14.3 Å². The number of fused-ring (bicyclic) bond motifs is 1. The maximum absolute atomic E-state index is 11.4. The summed E-state index contributed by atoms with van der Waals surface area (Å²) in [5.74, 6) is 1.04. The topological polar surface area (TPSA) is 50.8 Å². The Morgan fingerprint density at radius 1 is 1.30 bits per heavy atom. The van der Waals surface area contributed by atoms with E-state index >= 15 is 0 Å². The number of nitrogens with zero attached hydrogens (tertiary/aromatic N) is 1. The minimum Gasteiger partial charge on any atom is -0.487 e. The first-order chi connectivity index (χ1) is 11.3. The van der Waals surface area contributed by atoms with E-state index in [0.717, 1.165) is 38.2 Å². The van der Waals surface area contributed by atoms with E-state index < -0.39 is 0 Å². The Balaban J connectivity index is 1.35. The first kappa shape index (κ1) is 14.8. The summed E-state index contributed by atoms with van der Waals surface area (Å²) in [4.78, 5) is 13.2. The van der Waals surface area contributed by atoms with Crippen LogP contribution in [0.4, 0.5) is 4.79 Å². The lowest BCUT2D eigenvalue weighted by atomic mass is 9.73. The second-order valence-corrected chi connectivity index (χ2v) is 6.84. The average molecular weight is 316 g/mol. The molecule has 23 heavy (non-hydrogen) atoms. The van der Waals surface area contributed by atoms with Crippen molar-refractivity contribution in [3.05, 3.63) is 29.8 Å². The molecule has 1 saturated heterocycles. The van der Waals surface area contributed by atoms with Crippen molar-refractivity contribution in [1.82, 2.24) is 10.2 Å². The number of cyclic esters (lactones) is 1. The van der Waals surface area contributed by atoms with E-state index in [4.69, 9.17) is 9.47 Å². The normalized spacial score (nSPS) is 24.8. The quantitative estimate of drug-likeness (QED) is 0.849. The first-order valence-corrected chi connectivity index (χ1v) is 8.69. The van der Waals surface area contributed by atoms with Gasteiger partial charge < -0.3 is 19.7 Å². The van der Waals surface area contributed by atoms with Gasteiger partial charge in [0.1, 0.15) is 18.0 Å². The molecule has 2 heterocycles. The Morgan fingerprint density at radius 3 is 2.91 bits per heavy atom. The molecule has 0 aromatic heterocycles. The lowest BCUT2D eigenvalue weighted by Crippen LogP contribution is -2.49. The largest absolute Gasteiger partial charge is 0.487 e. The molecule has 0 unspecified atom stereocenters. The molecule has 1 aromatic carbocycles. The Labute approximate surface area is 136 Å². The Morgan fingerprint density at radius 2 is 2.17 bits per heavy atom. The van der Waals surface area contributed by atoms with Crippen molar-refractivity contribution in [3.63, 3.8) is 0 Å². The maximum Gasteiger partial charge on any atom is 0.409 e. The zero-order valence-electron chi connectivity index (χ0n) is 13.4. The highest BCUT2D eigenvalue weighted by Crippen LogP contribution is 2.48. The smallest absolute Gasteiger partial charge is 0.409 e. The molecule has 0 bridgehead atoms. The Hall–Kier alpha value is -1.75. The molecule has 0 radical (unpaired) electrons. The van der Waals surface area contributed by atoms with Gasteiger partial charge >= 0.3 is 6.09 Å². The highest BCUT2D eigenvalue weighted by atomic mass is 16.6. The van der Waals surface area contributed by atoms with E-state index in [0.29, 0.717) is 12.6 Å². The third kappa shape index (κ3) is 2.90. The summed E-state index contributed by atoms with van der Waals surface area (Å²) in [5, 5.41) is 3.68. The van der Waals surface area contributed by atoms with Crippen molar-refractivity contribution >= 4 is 6.09 Å². The van der Waals surface area contributed by atoms with Crippen molar-refractivity contribution in [3.8, 4) is 5.75 Å². The fourth-order valence-corrected chi connectivity index (χ4v) is 3.85. The van der Waals surface area contributed by atoms with Crippen molar-refractivity contribution in [2.45, 2.75) is 43.7 Å². The van der Waals surface area contributed by atoms with Crippen LogP contribution in [-0.2, 0) is 4.74 Å². The summed E-state index contributed by atoms with van der Waals surface area (Å²) in [5.41, 5.74) is 1.33. The molecule has 3 aliphatic rings. The minimum atomic E-state index is -0.171. The van der Waals surface area contributed by atoms with E-state index in [9.17, 15) is 4.79 Å². The molecular formula is C18H24N2O3. The number of hydrogen-bond donors (Lipinski definition) is 1. The summed E-state index contributed by atoms with van der Waals surface area (Å²) in [6, 6.07) is 8.73. The van der Waals surface area contributed by atoms with Crippen molar-refractivity contribution in [2.24, 2.45) is 0 Å². The maximum atomic E-state index is 11.4. The van der Waals surface area contributed by atoms with Gasteiger partial charge in [-0.2, -0.15) is 0 Å². The zero-order valence-corrected chi connectivity index (χ0v) is 13.4. The first-order valence-electron chi connectivity index (χ1n) is 8.69. The molecule has 1 aromatic rings. The molecule has 1 aliphatic carbocycles. The number of carbonyl (C=O) groups is 1. The van der Waals surface area contributed by atoms with E-state index in [-0.39, 0.29) is 11.7 Å². The van der Waals surface area contributed by atoms with Crippen LogP contribution in [0.2, 0.25) is 0 Å². The zero-order chi connectivity index (χ0) is 15.7. The lowest BCUT2D eigenvalue weighted by Gasteiger charge is -2.48. The molecular weight excluding hydrogens is 292 g/mol. The van der Waals surface area contributed by atoms with Crippen LogP contribution in [0.5, 0.6) is 5.75 Å². The number of carbonyl (C=O) groups excluding carboxylic acids is 1. The van der Waals surface area contributed by atoms with Gasteiger partial charge in [-0.25, -0.2) is 4.79 Å². The van der Waals surface area contributed by atoms with Crippen LogP contribution >= 0.6 is 0 Å². The number of rotatable bonds is 5. The third-order valence-corrected chi connectivity index (χ3v) is 5.30. The average Bonchev–Trinajstić information content (AvgIpc) is 2.95. The van der Waals surface area contributed by atoms with Crippen LogP contribution in [0.15, 0.2) is 24.3 Å². The second-order valence-electron chi connectivity index (χ2n) is 6.84. The summed E-state index contributed by atoms with van der Waals surface area (Å²) in [7, 11) is 0. The van der Waals surface area contributed by atoms with Gasteiger partial charge in [0, 0.05) is 24.6 Å². The van der Waals surface area contributed by atoms with Crippen LogP contribution in [0, 0.1) is 0 Å². The van der Waals surface area contributed by atoms with Crippen LogP contribution in [0.3, 0.4) is 0 Å². The predicted molar refractivity (Wildman–Crippen MR) is 86.6 cm³/mol. The molecule has 4 rings (SSSR count). The second kappa shape index (κ2) is 6.04. The fraction of sp³-hybridized carbons (Fsp3) is 0.611. The van der Waals surface area contributed by atoms with Gasteiger partial charge in [-0.3, -0.25) is 0 Å². The fourth-order valence-electron chi connectivity index (χ4n) is 3.85. The van der Waals surface area contributed by atoms with Crippen LogP contribution in [0.1, 0.15) is 43.7 Å². The molecule has 1 saturated carbocycles. The predicted octanol–water partition coefficient (Wildman–Crippen LogP) is 2.86. The standard InChI is InChI=1S/C18H24N2O3/c21-17-20(11-12-22-17)10-4-9-19-15-13-18(7-3-8-18)23-16-6-2-1-5-14(15)16/h1-2,5-6,15,19H,3-4,7-13H2/t15-/m0/s1. The molecule has 124 valence electrons. The van der Waals surface area contributed by atoms with E-state index in [1.54, 1.807) is 4.90 Å². The van der Waals surface area contributed by atoms with Gasteiger partial charge in [0.25, 0.3) is 0 Å². The van der Waals surface area contributed by atoms with E-state index in [1.165, 1.54) is 24.8 Å². The van der Waals surface area contributed by atoms with Gasteiger partial charge in [-0.05, 0) is 38.3 Å². The highest BCUT2D eigenvalue weighted by molar-refractivity contribution is 5.69. The summed E-state index contributed by atoms with van der Waals surface area (Å²) in [6.07, 6.45) is 5.43. The molecule has 5 nitrogen and oxygen atoms in total. The summed E-state index contributed by atoms with van der Waals surface area (Å²) >= 11 is 0. The summed E-state index contributed by atoms with van der Waals surface area (Å²) < 4.78 is 11.2. The van der Waals surface area contributed by atoms with Gasteiger partial charge in [0.15, 0.2) is 0 Å². The highest BCUT2D eigenvalue weighted by Gasteiger charge is 2.45. The van der Waals surface area contributed by atoms with Crippen molar-refractivity contribution in [2.75, 3.05) is 26.2 Å². The number of hydrogen-bond acceptors (Lipinski definition) is 4. The van der Waals surface area contributed by atoms with Gasteiger partial charge in [-0.15, -0.1) is 0 Å². The third-order valence-electron chi connectivity index (χ3n) is 5.30. The molecule has 1 atom stereocenters. The number of nitrogens with one attached hydrogen (secondary N) is 1. The minimum absolute atomic E-state index is 0.0603. The van der Waals surface area contributed by atoms with Crippen LogP contribution in [0.25, 0.3) is 0 Å². The number of benzene rings is 1.